The van der Waals surface area contributed by atoms with Crippen molar-refractivity contribution in [3.05, 3.63) is 53.6 Å². The summed E-state index contributed by atoms with van der Waals surface area (Å²) in [5.74, 6) is -2.27. The summed E-state index contributed by atoms with van der Waals surface area (Å²) in [5, 5.41) is 2.28. The molecule has 1 N–H and O–H groups in total. The highest BCUT2D eigenvalue weighted by atomic mass is 32.2. The summed E-state index contributed by atoms with van der Waals surface area (Å²) in [4.78, 5) is 12.6. The number of hydrogen-bond donors (Lipinski definition) is 1. The molecule has 0 saturated carbocycles. The van der Waals surface area contributed by atoms with E-state index in [0.29, 0.717) is 6.07 Å². The van der Waals surface area contributed by atoms with Crippen LogP contribution in [0.4, 0.5) is 20.2 Å². The summed E-state index contributed by atoms with van der Waals surface area (Å²) in [7, 11) is -2.50. The first-order valence-electron chi connectivity index (χ1n) is 7.94. The van der Waals surface area contributed by atoms with Crippen LogP contribution in [0.2, 0.25) is 0 Å². The number of hydrogen-bond acceptors (Lipinski definition) is 4. The van der Waals surface area contributed by atoms with Crippen LogP contribution in [0, 0.1) is 18.6 Å². The number of methoxy groups -OCH3 is 1. The second kappa shape index (κ2) is 7.91. The van der Waals surface area contributed by atoms with E-state index in [9.17, 15) is 22.0 Å². The maximum Gasteiger partial charge on any atom is 0.248 e. The van der Waals surface area contributed by atoms with Gasteiger partial charge in [-0.1, -0.05) is 6.07 Å². The number of benzene rings is 2. The molecule has 6 nitrogen and oxygen atoms in total. The fourth-order valence-electron chi connectivity index (χ4n) is 2.58. The number of carbonyl (C=O) groups is 1. The number of amides is 1. The van der Waals surface area contributed by atoms with Gasteiger partial charge in [0, 0.05) is 6.07 Å². The lowest BCUT2D eigenvalue weighted by atomic mass is 10.2. The van der Waals surface area contributed by atoms with Gasteiger partial charge < -0.3 is 10.1 Å². The summed E-state index contributed by atoms with van der Waals surface area (Å²) in [6.45, 7) is 3.13. The number of ether oxygens (including phenoxy) is 1. The number of carbonyl (C=O) groups excluding carboxylic acids is 1. The van der Waals surface area contributed by atoms with E-state index in [1.807, 2.05) is 0 Å². The van der Waals surface area contributed by atoms with Crippen molar-refractivity contribution < 1.29 is 26.7 Å². The quantitative estimate of drug-likeness (QED) is 0.811. The summed E-state index contributed by atoms with van der Waals surface area (Å²) in [6.07, 6.45) is 0.955. The minimum atomic E-state index is -3.88. The van der Waals surface area contributed by atoms with Crippen molar-refractivity contribution in [3.8, 4) is 5.75 Å². The van der Waals surface area contributed by atoms with Crippen LogP contribution in [-0.2, 0) is 14.8 Å². The lowest BCUT2D eigenvalue weighted by molar-refractivity contribution is -0.116. The van der Waals surface area contributed by atoms with Crippen molar-refractivity contribution in [2.45, 2.75) is 19.9 Å². The molecule has 0 fully saturated rings. The van der Waals surface area contributed by atoms with Gasteiger partial charge in [0.1, 0.15) is 23.4 Å². The molecule has 9 heteroatoms. The molecule has 0 unspecified atom stereocenters. The van der Waals surface area contributed by atoms with Gasteiger partial charge in [-0.2, -0.15) is 0 Å². The van der Waals surface area contributed by atoms with Crippen LogP contribution in [0.1, 0.15) is 12.5 Å². The Bertz CT molecular complexity index is 964. The van der Waals surface area contributed by atoms with Gasteiger partial charge in [-0.25, -0.2) is 17.2 Å². The lowest BCUT2D eigenvalue weighted by Crippen LogP contribution is -2.45. The van der Waals surface area contributed by atoms with E-state index in [1.54, 1.807) is 25.1 Å². The molecule has 0 aromatic heterocycles. The zero-order valence-corrected chi connectivity index (χ0v) is 16.1. The third kappa shape index (κ3) is 4.73. The van der Waals surface area contributed by atoms with E-state index >= 15 is 0 Å². The van der Waals surface area contributed by atoms with Crippen molar-refractivity contribution in [3.63, 3.8) is 0 Å². The molecule has 2 aromatic carbocycles. The molecule has 0 radical (unpaired) electrons. The summed E-state index contributed by atoms with van der Waals surface area (Å²) < 4.78 is 57.7. The van der Waals surface area contributed by atoms with Gasteiger partial charge in [-0.15, -0.1) is 0 Å². The minimum Gasteiger partial charge on any atom is -0.495 e. The molecule has 0 aliphatic heterocycles. The van der Waals surface area contributed by atoms with Crippen molar-refractivity contribution in [2.75, 3.05) is 23.0 Å². The Balaban J connectivity index is 2.42. The second-order valence-corrected chi connectivity index (χ2v) is 7.88. The van der Waals surface area contributed by atoms with Gasteiger partial charge in [-0.05, 0) is 43.7 Å². The molecule has 2 aromatic rings. The molecule has 1 amide bonds. The molecule has 27 heavy (non-hydrogen) atoms. The first-order chi connectivity index (χ1) is 12.5. The first-order valence-corrected chi connectivity index (χ1v) is 9.79. The summed E-state index contributed by atoms with van der Waals surface area (Å²) in [5.41, 5.74) is 0.691. The van der Waals surface area contributed by atoms with Crippen LogP contribution < -0.4 is 14.4 Å². The predicted octanol–water partition coefficient (Wildman–Crippen LogP) is 3.08. The normalized spacial score (nSPS) is 12.4. The fraction of sp³-hybridized carbons (Fsp3) is 0.278. The lowest BCUT2D eigenvalue weighted by Gasteiger charge is -2.29. The van der Waals surface area contributed by atoms with Gasteiger partial charge in [0.05, 0.1) is 24.7 Å². The zero-order chi connectivity index (χ0) is 20.4. The number of anilines is 2. The number of nitrogens with one attached hydrogen (secondary N) is 1. The highest BCUT2D eigenvalue weighted by Gasteiger charge is 2.31. The highest BCUT2D eigenvalue weighted by Crippen LogP contribution is 2.33. The molecule has 0 heterocycles. The fourth-order valence-corrected chi connectivity index (χ4v) is 3.75. The Morgan fingerprint density at radius 3 is 2.41 bits per heavy atom. The first kappa shape index (κ1) is 20.6. The minimum absolute atomic E-state index is 0.183. The molecule has 2 rings (SSSR count). The molecule has 0 aliphatic rings. The Kier molecular flexibility index (Phi) is 6.04. The molecular weight excluding hydrogens is 378 g/mol. The van der Waals surface area contributed by atoms with Gasteiger partial charge in [0.25, 0.3) is 0 Å². The van der Waals surface area contributed by atoms with E-state index in [4.69, 9.17) is 4.74 Å². The SMILES string of the molecule is COc1ccc(C)cc1N([C@H](C)C(=O)Nc1ccc(F)cc1F)S(C)(=O)=O. The summed E-state index contributed by atoms with van der Waals surface area (Å²) >= 11 is 0. The van der Waals surface area contributed by atoms with Crippen LogP contribution in [0.15, 0.2) is 36.4 Å². The monoisotopic (exact) mass is 398 g/mol. The van der Waals surface area contributed by atoms with Crippen LogP contribution in [-0.4, -0.2) is 33.7 Å². The molecule has 1 atom stereocenters. The average molecular weight is 398 g/mol. The van der Waals surface area contributed by atoms with Crippen molar-refractivity contribution in [1.82, 2.24) is 0 Å². The average Bonchev–Trinajstić information content (AvgIpc) is 2.56. The molecule has 146 valence electrons. The van der Waals surface area contributed by atoms with Gasteiger partial charge in [-0.3, -0.25) is 9.10 Å². The van der Waals surface area contributed by atoms with E-state index in [0.717, 1.165) is 28.3 Å². The topological polar surface area (TPSA) is 75.7 Å². The zero-order valence-electron chi connectivity index (χ0n) is 15.3. The number of halogens is 2. The number of nitrogens with zero attached hydrogens (tertiary/aromatic N) is 1. The Morgan fingerprint density at radius 2 is 1.85 bits per heavy atom. The molecule has 0 aliphatic carbocycles. The van der Waals surface area contributed by atoms with Gasteiger partial charge in [0.2, 0.25) is 15.9 Å². The van der Waals surface area contributed by atoms with Crippen LogP contribution in [0.3, 0.4) is 0 Å². The highest BCUT2D eigenvalue weighted by molar-refractivity contribution is 7.92. The Morgan fingerprint density at radius 1 is 1.19 bits per heavy atom. The predicted molar refractivity (Wildman–Crippen MR) is 99.5 cm³/mol. The van der Waals surface area contributed by atoms with Crippen molar-refractivity contribution in [1.29, 1.82) is 0 Å². The number of sulfonamides is 1. The summed E-state index contributed by atoms with van der Waals surface area (Å²) in [6, 6.07) is 6.35. The maximum atomic E-state index is 13.8. The smallest absolute Gasteiger partial charge is 0.248 e. The largest absolute Gasteiger partial charge is 0.495 e. The van der Waals surface area contributed by atoms with E-state index < -0.39 is 33.6 Å². The molecule has 0 bridgehead atoms. The van der Waals surface area contributed by atoms with E-state index in [2.05, 4.69) is 5.32 Å². The number of aryl methyl sites for hydroxylation is 1. The third-order valence-corrected chi connectivity index (χ3v) is 5.08. The van der Waals surface area contributed by atoms with Crippen molar-refractivity contribution in [2.24, 2.45) is 0 Å². The third-order valence-electron chi connectivity index (χ3n) is 3.85. The molecular formula is C18H20F2N2O4S. The van der Waals surface area contributed by atoms with Crippen LogP contribution in [0.25, 0.3) is 0 Å². The standard InChI is InChI=1S/C18H20F2N2O4S/c1-11-5-8-17(26-3)16(9-11)22(27(4,24)25)12(2)18(23)21-15-7-6-13(19)10-14(15)20/h5-10,12H,1-4H3,(H,21,23)/t12-/m1/s1. The van der Waals surface area contributed by atoms with Crippen molar-refractivity contribution >= 4 is 27.3 Å². The van der Waals surface area contributed by atoms with Gasteiger partial charge in [0.15, 0.2) is 0 Å². The maximum absolute atomic E-state index is 13.8. The Labute approximate surface area is 156 Å². The van der Waals surface area contributed by atoms with Gasteiger partial charge >= 0.3 is 0 Å². The van der Waals surface area contributed by atoms with E-state index in [1.165, 1.54) is 14.0 Å². The number of rotatable bonds is 6. The molecule has 0 spiro atoms. The Hall–Kier alpha value is -2.68. The van der Waals surface area contributed by atoms with Crippen LogP contribution >= 0.6 is 0 Å². The van der Waals surface area contributed by atoms with Crippen LogP contribution in [0.5, 0.6) is 5.75 Å². The second-order valence-electron chi connectivity index (χ2n) is 6.02. The van der Waals surface area contributed by atoms with E-state index in [-0.39, 0.29) is 17.1 Å². The molecule has 0 saturated heterocycles.